The number of methoxy groups -OCH3 is 1. The molecule has 1 aromatic rings. The van der Waals surface area contributed by atoms with Crippen molar-refractivity contribution in [3.63, 3.8) is 0 Å². The summed E-state index contributed by atoms with van der Waals surface area (Å²) in [4.78, 5) is 9.11. The van der Waals surface area contributed by atoms with Crippen LogP contribution in [0.1, 0.15) is 43.5 Å². The van der Waals surface area contributed by atoms with E-state index in [-0.39, 0.29) is 0 Å². The van der Waals surface area contributed by atoms with Crippen molar-refractivity contribution in [1.82, 2.24) is 15.3 Å². The van der Waals surface area contributed by atoms with Gasteiger partial charge in [-0.3, -0.25) is 0 Å². The molecule has 1 N–H and O–H groups in total. The lowest BCUT2D eigenvalue weighted by molar-refractivity contribution is 0.0111. The van der Waals surface area contributed by atoms with Crippen molar-refractivity contribution in [2.24, 2.45) is 0 Å². The highest BCUT2D eigenvalue weighted by molar-refractivity contribution is 5.25. The van der Waals surface area contributed by atoms with Crippen molar-refractivity contribution in [1.29, 1.82) is 0 Å². The average Bonchev–Trinajstić information content (AvgIpc) is 2.28. The van der Waals surface area contributed by atoms with Crippen molar-refractivity contribution in [3.8, 4) is 0 Å². The van der Waals surface area contributed by atoms with Gasteiger partial charge in [0.2, 0.25) is 0 Å². The zero-order valence-corrected chi connectivity index (χ0v) is 11.7. The fourth-order valence-electron chi connectivity index (χ4n) is 1.61. The monoisotopic (exact) mass is 237 g/mol. The molecule has 0 aromatic carbocycles. The fourth-order valence-corrected chi connectivity index (χ4v) is 1.61. The molecule has 1 rings (SSSR count). The van der Waals surface area contributed by atoms with Gasteiger partial charge in [-0.2, -0.15) is 0 Å². The maximum atomic E-state index is 5.41. The van der Waals surface area contributed by atoms with Crippen LogP contribution in [-0.2, 0) is 16.9 Å². The first-order valence-electron chi connectivity index (χ1n) is 6.02. The number of aromatic nitrogens is 2. The van der Waals surface area contributed by atoms with Gasteiger partial charge in [-0.05, 0) is 34.2 Å². The summed E-state index contributed by atoms with van der Waals surface area (Å²) in [5.41, 5.74) is 2.80. The number of nitrogens with zero attached hydrogens (tertiary/aromatic N) is 2. The SMILES string of the molecule is CCNCc1c(C)nc(C(C)(C)OC)nc1C. The van der Waals surface area contributed by atoms with Gasteiger partial charge in [0.15, 0.2) is 5.82 Å². The summed E-state index contributed by atoms with van der Waals surface area (Å²) in [5, 5.41) is 3.31. The third-order valence-corrected chi connectivity index (χ3v) is 3.02. The van der Waals surface area contributed by atoms with E-state index in [0.29, 0.717) is 0 Å². The topological polar surface area (TPSA) is 47.0 Å². The van der Waals surface area contributed by atoms with E-state index in [1.807, 2.05) is 27.7 Å². The number of hydrogen-bond donors (Lipinski definition) is 1. The van der Waals surface area contributed by atoms with E-state index >= 15 is 0 Å². The second-order valence-corrected chi connectivity index (χ2v) is 4.69. The van der Waals surface area contributed by atoms with Crippen LogP contribution in [0.3, 0.4) is 0 Å². The van der Waals surface area contributed by atoms with Gasteiger partial charge in [0.25, 0.3) is 0 Å². The quantitative estimate of drug-likeness (QED) is 0.851. The van der Waals surface area contributed by atoms with E-state index in [1.165, 1.54) is 5.56 Å². The van der Waals surface area contributed by atoms with Gasteiger partial charge in [-0.25, -0.2) is 9.97 Å². The summed E-state index contributed by atoms with van der Waals surface area (Å²) >= 11 is 0. The highest BCUT2D eigenvalue weighted by Gasteiger charge is 2.24. The third kappa shape index (κ3) is 3.23. The molecule has 0 spiro atoms. The molecule has 0 saturated heterocycles. The summed E-state index contributed by atoms with van der Waals surface area (Å²) in [6.45, 7) is 11.9. The van der Waals surface area contributed by atoms with E-state index < -0.39 is 5.60 Å². The van der Waals surface area contributed by atoms with Crippen LogP contribution in [0, 0.1) is 13.8 Å². The molecule has 4 heteroatoms. The van der Waals surface area contributed by atoms with Gasteiger partial charge in [0.05, 0.1) is 0 Å². The number of rotatable bonds is 5. The first-order chi connectivity index (χ1) is 7.92. The highest BCUT2D eigenvalue weighted by atomic mass is 16.5. The molecule has 1 aromatic heterocycles. The predicted molar refractivity (Wildman–Crippen MR) is 68.9 cm³/mol. The zero-order valence-electron chi connectivity index (χ0n) is 11.7. The average molecular weight is 237 g/mol. The molecule has 0 aliphatic carbocycles. The molecule has 0 atom stereocenters. The molecular formula is C13H23N3O. The van der Waals surface area contributed by atoms with Gasteiger partial charge in [-0.1, -0.05) is 6.92 Å². The van der Waals surface area contributed by atoms with Gasteiger partial charge in [0, 0.05) is 30.6 Å². The number of nitrogens with one attached hydrogen (secondary N) is 1. The molecule has 0 saturated carbocycles. The fraction of sp³-hybridized carbons (Fsp3) is 0.692. The molecule has 17 heavy (non-hydrogen) atoms. The van der Waals surface area contributed by atoms with E-state index in [4.69, 9.17) is 4.74 Å². The lowest BCUT2D eigenvalue weighted by Gasteiger charge is -2.23. The summed E-state index contributed by atoms with van der Waals surface area (Å²) < 4.78 is 5.41. The smallest absolute Gasteiger partial charge is 0.160 e. The Morgan fingerprint density at radius 1 is 1.18 bits per heavy atom. The second-order valence-electron chi connectivity index (χ2n) is 4.69. The minimum absolute atomic E-state index is 0.438. The molecule has 96 valence electrons. The molecule has 4 nitrogen and oxygen atoms in total. The molecular weight excluding hydrogens is 214 g/mol. The number of hydrogen-bond acceptors (Lipinski definition) is 4. The van der Waals surface area contributed by atoms with Crippen molar-refractivity contribution >= 4 is 0 Å². The van der Waals surface area contributed by atoms with Crippen LogP contribution < -0.4 is 5.32 Å². The van der Waals surface area contributed by atoms with Crippen molar-refractivity contribution in [2.75, 3.05) is 13.7 Å². The summed E-state index contributed by atoms with van der Waals surface area (Å²) in [5.74, 6) is 0.746. The molecule has 1 heterocycles. The van der Waals surface area contributed by atoms with Crippen molar-refractivity contribution in [2.45, 2.75) is 46.8 Å². The zero-order chi connectivity index (χ0) is 13.1. The Bertz CT molecular complexity index is 365. The maximum Gasteiger partial charge on any atom is 0.160 e. The summed E-state index contributed by atoms with van der Waals surface area (Å²) in [7, 11) is 1.68. The van der Waals surface area contributed by atoms with E-state index in [2.05, 4.69) is 22.2 Å². The molecule has 0 radical (unpaired) electrons. The Balaban J connectivity index is 3.09. The molecule has 0 aliphatic rings. The van der Waals surface area contributed by atoms with Crippen LogP contribution in [0.25, 0.3) is 0 Å². The van der Waals surface area contributed by atoms with Gasteiger partial charge >= 0.3 is 0 Å². The van der Waals surface area contributed by atoms with Crippen LogP contribution >= 0.6 is 0 Å². The molecule has 0 fully saturated rings. The predicted octanol–water partition coefficient (Wildman–Crippen LogP) is 2.08. The highest BCUT2D eigenvalue weighted by Crippen LogP contribution is 2.22. The van der Waals surface area contributed by atoms with Crippen molar-refractivity contribution < 1.29 is 4.74 Å². The molecule has 0 aliphatic heterocycles. The Labute approximate surface area is 104 Å². The minimum Gasteiger partial charge on any atom is -0.371 e. The van der Waals surface area contributed by atoms with Crippen molar-refractivity contribution in [3.05, 3.63) is 22.8 Å². The van der Waals surface area contributed by atoms with Crippen LogP contribution in [0.4, 0.5) is 0 Å². The third-order valence-electron chi connectivity index (χ3n) is 3.02. The lowest BCUT2D eigenvalue weighted by atomic mass is 10.1. The first kappa shape index (κ1) is 14.1. The summed E-state index contributed by atoms with van der Waals surface area (Å²) in [6.07, 6.45) is 0. The van der Waals surface area contributed by atoms with Crippen LogP contribution in [-0.4, -0.2) is 23.6 Å². The van der Waals surface area contributed by atoms with E-state index in [1.54, 1.807) is 7.11 Å². The number of aryl methyl sites for hydroxylation is 2. The number of ether oxygens (including phenoxy) is 1. The molecule has 0 unspecified atom stereocenters. The van der Waals surface area contributed by atoms with Gasteiger partial charge < -0.3 is 10.1 Å². The largest absolute Gasteiger partial charge is 0.371 e. The lowest BCUT2D eigenvalue weighted by Crippen LogP contribution is -2.25. The normalized spacial score (nSPS) is 11.9. The molecule has 0 amide bonds. The van der Waals surface area contributed by atoms with Gasteiger partial charge in [0.1, 0.15) is 5.60 Å². The Hall–Kier alpha value is -1.00. The molecule has 0 bridgehead atoms. The van der Waals surface area contributed by atoms with E-state index in [0.717, 1.165) is 30.3 Å². The van der Waals surface area contributed by atoms with E-state index in [9.17, 15) is 0 Å². The minimum atomic E-state index is -0.438. The van der Waals surface area contributed by atoms with Crippen LogP contribution in [0.2, 0.25) is 0 Å². The second kappa shape index (κ2) is 5.56. The standard InChI is InChI=1S/C13H23N3O/c1-7-14-8-11-9(2)15-12(16-10(11)3)13(4,5)17-6/h14H,7-8H2,1-6H3. The Morgan fingerprint density at radius 3 is 2.12 bits per heavy atom. The van der Waals surface area contributed by atoms with Crippen LogP contribution in [0.15, 0.2) is 0 Å². The van der Waals surface area contributed by atoms with Gasteiger partial charge in [-0.15, -0.1) is 0 Å². The Morgan fingerprint density at radius 2 is 1.71 bits per heavy atom. The maximum absolute atomic E-state index is 5.41. The van der Waals surface area contributed by atoms with Crippen LogP contribution in [0.5, 0.6) is 0 Å². The first-order valence-corrected chi connectivity index (χ1v) is 6.02. The Kier molecular flexibility index (Phi) is 4.60. The summed E-state index contributed by atoms with van der Waals surface area (Å²) in [6, 6.07) is 0.